The lowest BCUT2D eigenvalue weighted by atomic mass is 9.72. The third-order valence-corrected chi connectivity index (χ3v) is 6.61. The molecule has 0 saturated heterocycles. The quantitative estimate of drug-likeness (QED) is 0.359. The zero-order valence-electron chi connectivity index (χ0n) is 18.8. The first-order valence-corrected chi connectivity index (χ1v) is 11.6. The maximum Gasteiger partial charge on any atom is 0.148 e. The van der Waals surface area contributed by atoms with Crippen LogP contribution in [-0.4, -0.2) is 40.4 Å². The van der Waals surface area contributed by atoms with Gasteiger partial charge in [-0.1, -0.05) is 11.6 Å². The molecule has 1 aliphatic rings. The zero-order chi connectivity index (χ0) is 23.4. The fourth-order valence-corrected chi connectivity index (χ4v) is 4.97. The van der Waals surface area contributed by atoms with E-state index in [0.717, 1.165) is 41.8 Å². The maximum atomic E-state index is 9.96. The van der Waals surface area contributed by atoms with Gasteiger partial charge in [0.1, 0.15) is 27.9 Å². The molecule has 172 valence electrons. The van der Waals surface area contributed by atoms with Crippen LogP contribution in [0.1, 0.15) is 25.6 Å². The van der Waals surface area contributed by atoms with E-state index in [9.17, 15) is 5.11 Å². The molecule has 34 heavy (non-hydrogen) atoms. The van der Waals surface area contributed by atoms with Crippen molar-refractivity contribution in [3.63, 3.8) is 0 Å². The number of ether oxygens (including phenoxy) is 1. The average Bonchev–Trinajstić information content (AvgIpc) is 3.39. The van der Waals surface area contributed by atoms with Gasteiger partial charge in [0, 0.05) is 24.4 Å². The van der Waals surface area contributed by atoms with Gasteiger partial charge in [-0.25, -0.2) is 9.97 Å². The molecule has 0 amide bonds. The number of hydrogen-bond acceptors (Lipinski definition) is 6. The molecule has 9 heteroatoms. The van der Waals surface area contributed by atoms with Crippen molar-refractivity contribution in [2.24, 2.45) is 5.92 Å². The van der Waals surface area contributed by atoms with E-state index in [4.69, 9.17) is 21.3 Å². The van der Waals surface area contributed by atoms with Gasteiger partial charge < -0.3 is 14.8 Å². The molecule has 0 bridgehead atoms. The molecular weight excluding hydrogens is 452 g/mol. The molecule has 5 aromatic rings. The lowest BCUT2D eigenvalue weighted by Crippen LogP contribution is -2.42. The Balaban J connectivity index is 1.27. The molecule has 1 saturated carbocycles. The number of aryl methyl sites for hydroxylation is 1. The third-order valence-electron chi connectivity index (χ3n) is 6.25. The highest BCUT2D eigenvalue weighted by Gasteiger charge is 2.38. The van der Waals surface area contributed by atoms with Crippen molar-refractivity contribution in [1.82, 2.24) is 29.7 Å². The summed E-state index contributed by atoms with van der Waals surface area (Å²) >= 11 is 6.71. The third kappa shape index (κ3) is 3.89. The van der Waals surface area contributed by atoms with E-state index in [1.807, 2.05) is 49.0 Å². The number of aromatic amines is 1. The monoisotopic (exact) mass is 474 g/mol. The van der Waals surface area contributed by atoms with Gasteiger partial charge in [-0.15, -0.1) is 0 Å². The molecule has 1 aliphatic carbocycles. The highest BCUT2D eigenvalue weighted by atomic mass is 35.5. The Morgan fingerprint density at radius 3 is 2.82 bits per heavy atom. The van der Waals surface area contributed by atoms with Crippen LogP contribution in [0.3, 0.4) is 0 Å². The number of nitrogens with one attached hydrogen (secondary N) is 1. The molecule has 3 heterocycles. The van der Waals surface area contributed by atoms with Crippen LogP contribution in [0.2, 0.25) is 5.02 Å². The summed E-state index contributed by atoms with van der Waals surface area (Å²) in [5.74, 6) is 2.44. The number of rotatable bonds is 5. The summed E-state index contributed by atoms with van der Waals surface area (Å²) in [5, 5.41) is 14.8. The van der Waals surface area contributed by atoms with E-state index in [1.54, 1.807) is 18.5 Å². The minimum absolute atomic E-state index is 0.400. The second kappa shape index (κ2) is 7.78. The molecule has 8 nitrogen and oxygen atoms in total. The highest BCUT2D eigenvalue weighted by Crippen LogP contribution is 2.38. The molecular formula is C25H23ClN6O2. The summed E-state index contributed by atoms with van der Waals surface area (Å²) < 4.78 is 7.98. The van der Waals surface area contributed by atoms with E-state index >= 15 is 0 Å². The number of benzene rings is 2. The highest BCUT2D eigenvalue weighted by molar-refractivity contribution is 6.36. The number of H-pyrrole nitrogens is 1. The van der Waals surface area contributed by atoms with Gasteiger partial charge in [0.25, 0.3) is 0 Å². The molecule has 6 rings (SSSR count). The van der Waals surface area contributed by atoms with Gasteiger partial charge >= 0.3 is 0 Å². The molecule has 3 aromatic heterocycles. The van der Waals surface area contributed by atoms with Gasteiger partial charge in [0.05, 0.1) is 40.2 Å². The molecule has 0 spiro atoms. The summed E-state index contributed by atoms with van der Waals surface area (Å²) in [7, 11) is 0. The SMILES string of the molecule is Cc1nc2ccc(Oc3ccc4ncc(-c5cnn(CC6CC(C)(O)C6)c5)nc4c3Cl)cc2[nH]1. The van der Waals surface area contributed by atoms with Crippen molar-refractivity contribution in [3.05, 3.63) is 59.8 Å². The van der Waals surface area contributed by atoms with Crippen LogP contribution >= 0.6 is 11.6 Å². The van der Waals surface area contributed by atoms with Gasteiger partial charge in [-0.2, -0.15) is 5.10 Å². The Morgan fingerprint density at radius 1 is 1.18 bits per heavy atom. The van der Waals surface area contributed by atoms with Crippen molar-refractivity contribution in [3.8, 4) is 22.8 Å². The van der Waals surface area contributed by atoms with E-state index < -0.39 is 5.60 Å². The molecule has 0 unspecified atom stereocenters. The first-order valence-electron chi connectivity index (χ1n) is 11.2. The molecule has 0 atom stereocenters. The van der Waals surface area contributed by atoms with E-state index in [-0.39, 0.29) is 0 Å². The van der Waals surface area contributed by atoms with Gasteiger partial charge in [-0.3, -0.25) is 9.67 Å². The van der Waals surface area contributed by atoms with Crippen LogP contribution in [0.4, 0.5) is 0 Å². The smallest absolute Gasteiger partial charge is 0.148 e. The lowest BCUT2D eigenvalue weighted by Gasteiger charge is -2.40. The predicted molar refractivity (Wildman–Crippen MR) is 130 cm³/mol. The van der Waals surface area contributed by atoms with Gasteiger partial charge in [0.2, 0.25) is 0 Å². The molecule has 2 aromatic carbocycles. The Labute approximate surface area is 200 Å². The number of aliphatic hydroxyl groups is 1. The largest absolute Gasteiger partial charge is 0.456 e. The van der Waals surface area contributed by atoms with Crippen LogP contribution in [0.15, 0.2) is 48.9 Å². The Bertz CT molecular complexity index is 1530. The minimum Gasteiger partial charge on any atom is -0.456 e. The van der Waals surface area contributed by atoms with Crippen LogP contribution in [0.25, 0.3) is 33.3 Å². The number of halogens is 1. The fraction of sp³-hybridized carbons (Fsp3) is 0.280. The van der Waals surface area contributed by atoms with Crippen LogP contribution in [-0.2, 0) is 6.54 Å². The Kier molecular flexibility index (Phi) is 4.82. The van der Waals surface area contributed by atoms with Crippen molar-refractivity contribution < 1.29 is 9.84 Å². The molecule has 0 aliphatic heterocycles. The van der Waals surface area contributed by atoms with E-state index in [0.29, 0.717) is 39.2 Å². The van der Waals surface area contributed by atoms with Crippen LogP contribution in [0.5, 0.6) is 11.5 Å². The Morgan fingerprint density at radius 2 is 2.00 bits per heavy atom. The molecule has 2 N–H and O–H groups in total. The van der Waals surface area contributed by atoms with Gasteiger partial charge in [0.15, 0.2) is 0 Å². The minimum atomic E-state index is -0.538. The normalized spacial score (nSPS) is 20.1. The lowest BCUT2D eigenvalue weighted by molar-refractivity contribution is -0.0626. The standard InChI is InChI=1S/C25H23ClN6O2/c1-14-29-18-4-3-17(7-20(18)30-14)34-22-6-5-19-24(23(22)26)31-21(11-27-19)16-10-28-32(13-16)12-15-8-25(2,33)9-15/h3-7,10-11,13,15,33H,8-9,12H2,1-2H3,(H,29,30). The fourth-order valence-electron chi connectivity index (χ4n) is 4.72. The first kappa shape index (κ1) is 21.1. The van der Waals surface area contributed by atoms with Crippen LogP contribution in [0, 0.1) is 12.8 Å². The second-order valence-electron chi connectivity index (χ2n) is 9.33. The topological polar surface area (TPSA) is 102 Å². The summed E-state index contributed by atoms with van der Waals surface area (Å²) in [4.78, 5) is 16.9. The average molecular weight is 475 g/mol. The zero-order valence-corrected chi connectivity index (χ0v) is 19.5. The number of hydrogen-bond donors (Lipinski definition) is 2. The van der Waals surface area contributed by atoms with Crippen molar-refractivity contribution in [2.45, 2.75) is 38.8 Å². The van der Waals surface area contributed by atoms with Crippen molar-refractivity contribution >= 4 is 33.7 Å². The summed E-state index contributed by atoms with van der Waals surface area (Å²) in [6, 6.07) is 9.31. The summed E-state index contributed by atoms with van der Waals surface area (Å²) in [6.45, 7) is 4.57. The maximum absolute atomic E-state index is 9.96. The molecule has 1 fully saturated rings. The van der Waals surface area contributed by atoms with Crippen molar-refractivity contribution in [2.75, 3.05) is 0 Å². The summed E-state index contributed by atoms with van der Waals surface area (Å²) in [6.07, 6.45) is 7.05. The number of fused-ring (bicyclic) bond motifs is 2. The Hall–Kier alpha value is -3.49. The summed E-state index contributed by atoms with van der Waals surface area (Å²) in [5.41, 5.74) is 4.05. The second-order valence-corrected chi connectivity index (χ2v) is 9.70. The van der Waals surface area contributed by atoms with E-state index in [2.05, 4.69) is 20.1 Å². The first-order chi connectivity index (χ1) is 16.3. The van der Waals surface area contributed by atoms with Crippen molar-refractivity contribution in [1.29, 1.82) is 0 Å². The number of aromatic nitrogens is 6. The van der Waals surface area contributed by atoms with Gasteiger partial charge in [-0.05, 0) is 56.9 Å². The molecule has 0 radical (unpaired) electrons. The predicted octanol–water partition coefficient (Wildman–Crippen LogP) is 5.28. The van der Waals surface area contributed by atoms with Crippen LogP contribution < -0.4 is 4.74 Å². The van der Waals surface area contributed by atoms with E-state index in [1.165, 1.54) is 0 Å². The number of imidazole rings is 1. The number of nitrogens with zero attached hydrogens (tertiary/aromatic N) is 5.